The van der Waals surface area contributed by atoms with Crippen LogP contribution in [-0.2, 0) is 0 Å². The first kappa shape index (κ1) is 39.4. The smallest absolute Gasteiger partial charge is 0.101 e. The maximum Gasteiger partial charge on any atom is 0.101 e. The summed E-state index contributed by atoms with van der Waals surface area (Å²) >= 11 is 0. The van der Waals surface area contributed by atoms with Crippen LogP contribution in [0, 0.1) is 0 Å². The van der Waals surface area contributed by atoms with Gasteiger partial charge in [-0.2, -0.15) is 0 Å². The SMILES string of the molecule is CCCCCCCCCCCCCCCCCN1C=CN(CCCCCC)C1CCCCCCCCCCCCCC. The van der Waals surface area contributed by atoms with Gasteiger partial charge in [0.1, 0.15) is 6.17 Å². The molecule has 1 atom stereocenters. The Morgan fingerprint density at radius 3 is 0.857 bits per heavy atom. The van der Waals surface area contributed by atoms with E-state index in [0.717, 1.165) is 0 Å². The fourth-order valence-corrected chi connectivity index (χ4v) is 6.89. The van der Waals surface area contributed by atoms with E-state index in [-0.39, 0.29) is 0 Å². The second-order valence-electron chi connectivity index (χ2n) is 13.9. The Morgan fingerprint density at radius 1 is 0.310 bits per heavy atom. The molecule has 250 valence electrons. The van der Waals surface area contributed by atoms with Gasteiger partial charge in [0.05, 0.1) is 0 Å². The van der Waals surface area contributed by atoms with Crippen LogP contribution >= 0.6 is 0 Å². The van der Waals surface area contributed by atoms with E-state index in [1.807, 2.05) is 0 Å². The van der Waals surface area contributed by atoms with E-state index >= 15 is 0 Å². The molecule has 2 heteroatoms. The van der Waals surface area contributed by atoms with E-state index in [1.54, 1.807) is 0 Å². The Balaban J connectivity index is 2.10. The lowest BCUT2D eigenvalue weighted by molar-refractivity contribution is 0.135. The zero-order valence-electron chi connectivity index (χ0n) is 29.7. The molecular weight excluding hydrogens is 508 g/mol. The summed E-state index contributed by atoms with van der Waals surface area (Å²) < 4.78 is 0. The summed E-state index contributed by atoms with van der Waals surface area (Å²) in [5, 5.41) is 0. The molecule has 1 rings (SSSR count). The van der Waals surface area contributed by atoms with Crippen LogP contribution in [0.15, 0.2) is 12.4 Å². The molecule has 0 aliphatic carbocycles. The monoisotopic (exact) mass is 589 g/mol. The quantitative estimate of drug-likeness (QED) is 0.0690. The molecule has 0 radical (unpaired) electrons. The van der Waals surface area contributed by atoms with Crippen LogP contribution in [0.5, 0.6) is 0 Å². The van der Waals surface area contributed by atoms with Crippen molar-refractivity contribution in [2.24, 2.45) is 0 Å². The summed E-state index contributed by atoms with van der Waals surface area (Å²) in [7, 11) is 0. The molecule has 0 saturated heterocycles. The third-order valence-electron chi connectivity index (χ3n) is 9.82. The van der Waals surface area contributed by atoms with Gasteiger partial charge in [0.15, 0.2) is 0 Å². The standard InChI is InChI=1S/C40H80N2/c1-4-7-10-13-15-17-19-21-22-23-25-27-29-31-34-37-42-39-38-41(36-33-12-9-6-3)40(42)35-32-30-28-26-24-20-18-16-14-11-8-5-2/h38-40H,4-37H2,1-3H3. The predicted molar refractivity (Wildman–Crippen MR) is 191 cm³/mol. The first-order valence-corrected chi connectivity index (χ1v) is 20.0. The van der Waals surface area contributed by atoms with Gasteiger partial charge in [0.2, 0.25) is 0 Å². The molecule has 0 spiro atoms. The van der Waals surface area contributed by atoms with Crippen LogP contribution in [-0.4, -0.2) is 29.1 Å². The predicted octanol–water partition coefficient (Wildman–Crippen LogP) is 13.9. The number of hydrogen-bond donors (Lipinski definition) is 0. The van der Waals surface area contributed by atoms with E-state index in [1.165, 1.54) is 219 Å². The van der Waals surface area contributed by atoms with Gasteiger partial charge in [0.25, 0.3) is 0 Å². The van der Waals surface area contributed by atoms with Gasteiger partial charge in [-0.3, -0.25) is 0 Å². The van der Waals surface area contributed by atoms with E-state index in [2.05, 4.69) is 43.0 Å². The van der Waals surface area contributed by atoms with Crippen molar-refractivity contribution in [2.45, 2.75) is 232 Å². The Morgan fingerprint density at radius 2 is 0.548 bits per heavy atom. The number of hydrogen-bond acceptors (Lipinski definition) is 2. The average Bonchev–Trinajstić information content (AvgIpc) is 3.38. The van der Waals surface area contributed by atoms with Gasteiger partial charge in [-0.15, -0.1) is 0 Å². The molecule has 0 aromatic carbocycles. The van der Waals surface area contributed by atoms with Crippen molar-refractivity contribution in [3.63, 3.8) is 0 Å². The lowest BCUT2D eigenvalue weighted by atomic mass is 10.0. The van der Waals surface area contributed by atoms with Crippen molar-refractivity contribution in [1.82, 2.24) is 9.80 Å². The lowest BCUT2D eigenvalue weighted by Gasteiger charge is -2.33. The Labute approximate surface area is 267 Å². The van der Waals surface area contributed by atoms with Crippen molar-refractivity contribution in [2.75, 3.05) is 13.1 Å². The zero-order chi connectivity index (χ0) is 30.2. The Bertz CT molecular complexity index is 544. The van der Waals surface area contributed by atoms with Crippen LogP contribution in [0.1, 0.15) is 226 Å². The minimum atomic E-state index is 0.640. The molecule has 0 fully saturated rings. The summed E-state index contributed by atoms with van der Waals surface area (Å²) in [6.45, 7) is 9.47. The number of unbranched alkanes of at least 4 members (excludes halogenated alkanes) is 28. The summed E-state index contributed by atoms with van der Waals surface area (Å²) in [5.74, 6) is 0. The molecule has 0 bridgehead atoms. The lowest BCUT2D eigenvalue weighted by Crippen LogP contribution is -2.39. The largest absolute Gasteiger partial charge is 0.356 e. The van der Waals surface area contributed by atoms with E-state index in [9.17, 15) is 0 Å². The van der Waals surface area contributed by atoms with Gasteiger partial charge in [-0.25, -0.2) is 0 Å². The van der Waals surface area contributed by atoms with Crippen molar-refractivity contribution < 1.29 is 0 Å². The molecule has 1 unspecified atom stereocenters. The zero-order valence-corrected chi connectivity index (χ0v) is 29.7. The van der Waals surface area contributed by atoms with Crippen LogP contribution in [0.25, 0.3) is 0 Å². The van der Waals surface area contributed by atoms with Crippen LogP contribution < -0.4 is 0 Å². The highest BCUT2D eigenvalue weighted by atomic mass is 15.4. The van der Waals surface area contributed by atoms with Crippen LogP contribution in [0.2, 0.25) is 0 Å². The highest BCUT2D eigenvalue weighted by Crippen LogP contribution is 2.24. The normalized spacial score (nSPS) is 15.0. The summed E-state index contributed by atoms with van der Waals surface area (Å²) in [5.41, 5.74) is 0. The molecule has 0 saturated carbocycles. The van der Waals surface area contributed by atoms with E-state index < -0.39 is 0 Å². The van der Waals surface area contributed by atoms with Crippen molar-refractivity contribution in [3.8, 4) is 0 Å². The second kappa shape index (κ2) is 31.8. The van der Waals surface area contributed by atoms with Crippen LogP contribution in [0.4, 0.5) is 0 Å². The third kappa shape index (κ3) is 23.8. The minimum absolute atomic E-state index is 0.640. The maximum atomic E-state index is 2.71. The topological polar surface area (TPSA) is 6.48 Å². The molecular formula is C40H80N2. The number of rotatable bonds is 34. The fourth-order valence-electron chi connectivity index (χ4n) is 6.89. The van der Waals surface area contributed by atoms with Crippen molar-refractivity contribution in [3.05, 3.63) is 12.4 Å². The van der Waals surface area contributed by atoms with Gasteiger partial charge in [-0.1, -0.05) is 201 Å². The first-order chi connectivity index (χ1) is 20.8. The van der Waals surface area contributed by atoms with E-state index in [0.29, 0.717) is 6.17 Å². The third-order valence-corrected chi connectivity index (χ3v) is 9.82. The Hall–Kier alpha value is -0.660. The molecule has 0 amide bonds. The molecule has 42 heavy (non-hydrogen) atoms. The molecule has 0 aromatic heterocycles. The van der Waals surface area contributed by atoms with Crippen molar-refractivity contribution in [1.29, 1.82) is 0 Å². The van der Waals surface area contributed by atoms with Gasteiger partial charge in [-0.05, 0) is 25.7 Å². The first-order valence-electron chi connectivity index (χ1n) is 20.0. The van der Waals surface area contributed by atoms with Gasteiger partial charge in [0, 0.05) is 25.5 Å². The summed E-state index contributed by atoms with van der Waals surface area (Å²) in [4.78, 5) is 5.40. The highest BCUT2D eigenvalue weighted by molar-refractivity contribution is 4.97. The molecule has 0 N–H and O–H groups in total. The molecule has 2 nitrogen and oxygen atoms in total. The molecule has 1 aliphatic heterocycles. The molecule has 1 aliphatic rings. The number of nitrogens with zero attached hydrogens (tertiary/aromatic N) is 2. The summed E-state index contributed by atoms with van der Waals surface area (Å²) in [6.07, 6.45) is 51.5. The molecule has 1 heterocycles. The summed E-state index contributed by atoms with van der Waals surface area (Å²) in [6, 6.07) is 0. The minimum Gasteiger partial charge on any atom is -0.356 e. The molecule has 0 aromatic rings. The Kier molecular flexibility index (Phi) is 29.8. The second-order valence-corrected chi connectivity index (χ2v) is 13.9. The fraction of sp³-hybridized carbons (Fsp3) is 0.950. The average molecular weight is 589 g/mol. The van der Waals surface area contributed by atoms with Crippen LogP contribution in [0.3, 0.4) is 0 Å². The highest BCUT2D eigenvalue weighted by Gasteiger charge is 2.24. The maximum absolute atomic E-state index is 2.71. The van der Waals surface area contributed by atoms with Crippen molar-refractivity contribution >= 4 is 0 Å². The van der Waals surface area contributed by atoms with E-state index in [4.69, 9.17) is 0 Å². The van der Waals surface area contributed by atoms with Gasteiger partial charge < -0.3 is 9.80 Å². The van der Waals surface area contributed by atoms with Gasteiger partial charge >= 0.3 is 0 Å².